The van der Waals surface area contributed by atoms with Gasteiger partial charge in [-0.25, -0.2) is 10.5 Å². The first-order valence-corrected chi connectivity index (χ1v) is 39.1. The molecule has 9 aliphatic rings. The standard InChI is InChI=1S/C56H102N16O26S4/c73-9-5-71(6-10-74)55-63-51(61-53(65-55)59-38-23-36(101(88,89)90)18-26-20-40(99-97-95-86)44(46(78)42(26)38)69-67-33-14-28(48(80)81)13-29(15-33)49(82)83)57-31-1-3-32(4-2-31)58-52-62-54(66-56(64-52)72(7-11-75)8-12-76)60-39-24-37(102(91,92)93)19-27-21-41(100-98-96-87)45(47(79)43(27)39)70-68-34-16-30(50(84)85)17-35(22-34)94-25-77/h26-47,51-66,73-79,86-87H,1-25H2,(H,80,81)(H,82,83)(H,84,85)(H,88,89,90)(H,91,92,93). The fraction of sp³-hybridized carbons (Fsp3) is 0.946. The molecule has 7 aliphatic carbocycles. The van der Waals surface area contributed by atoms with Gasteiger partial charge in [0.1, 0.15) is 56.6 Å². The first-order chi connectivity index (χ1) is 48.7. The van der Waals surface area contributed by atoms with E-state index in [4.69, 9.17) is 13.4 Å². The molecule has 9 rings (SSSR count). The number of aliphatic hydroxyl groups excluding tert-OH is 7. The number of aliphatic hydroxyl groups is 7. The lowest BCUT2D eigenvalue weighted by atomic mass is 9.65. The van der Waals surface area contributed by atoms with Gasteiger partial charge in [0.2, 0.25) is 0 Å². The van der Waals surface area contributed by atoms with E-state index in [9.17, 15) is 102 Å². The molecular weight excluding hydrogens is 1440 g/mol. The molecule has 0 amide bonds. The lowest BCUT2D eigenvalue weighted by Gasteiger charge is -2.52. The van der Waals surface area contributed by atoms with E-state index >= 15 is 0 Å². The highest BCUT2D eigenvalue weighted by Crippen LogP contribution is 2.49. The highest BCUT2D eigenvalue weighted by Gasteiger charge is 2.56. The minimum absolute atomic E-state index is 0.0242. The van der Waals surface area contributed by atoms with E-state index in [1.807, 2.05) is 0 Å². The van der Waals surface area contributed by atoms with E-state index < -0.39 is 200 Å². The third-order valence-corrected chi connectivity index (χ3v) is 25.8. The fourth-order valence-corrected chi connectivity index (χ4v) is 20.5. The van der Waals surface area contributed by atoms with Gasteiger partial charge in [-0.15, -0.1) is 8.67 Å². The van der Waals surface area contributed by atoms with Crippen molar-refractivity contribution in [3.63, 3.8) is 0 Å². The van der Waals surface area contributed by atoms with Gasteiger partial charge in [0.05, 0.1) is 95.6 Å². The highest BCUT2D eigenvalue weighted by molar-refractivity contribution is 7.95. The number of rotatable bonds is 35. The number of fused-ring (bicyclic) bond motifs is 2. The molecule has 2 heterocycles. The van der Waals surface area contributed by atoms with Crippen LogP contribution in [-0.2, 0) is 58.1 Å². The van der Waals surface area contributed by atoms with Crippen LogP contribution in [0.3, 0.4) is 0 Å². The van der Waals surface area contributed by atoms with Crippen molar-refractivity contribution in [3.05, 3.63) is 0 Å². The molecule has 0 bridgehead atoms. The number of carboxylic acids is 3. The van der Waals surface area contributed by atoms with Gasteiger partial charge in [-0.2, -0.15) is 37.3 Å². The SMILES string of the molecule is O=C(O)C1CC(N=NC2C(SOOO)CC3CC(S(=O)(=O)O)CC(NC4NC(NC5CCC(NC6NC(NC7CC(S(=O)(=O)O)CC8CC(SOOO)C(N=NC9CC(C(=O)O)CC(C(=O)O)C9)C(O)C87)NC(N(CCO)CCO)N6)CC5)NC(N(CCO)CCO)N4)C3C2O)CC(OCO)C1. The zero-order valence-corrected chi connectivity index (χ0v) is 59.1. The molecule has 42 nitrogen and oxygen atoms in total. The molecule has 2 aliphatic heterocycles. The zero-order valence-electron chi connectivity index (χ0n) is 55.8. The zero-order chi connectivity index (χ0) is 73.6. The normalized spacial score (nSPS) is 40.3. The van der Waals surface area contributed by atoms with Crippen molar-refractivity contribution in [2.24, 2.45) is 61.9 Å². The minimum Gasteiger partial charge on any atom is -0.481 e. The Kier molecular flexibility index (Phi) is 31.7. The molecule has 25 unspecified atom stereocenters. The molecule has 24 N–H and O–H groups in total. The molecule has 9 fully saturated rings. The number of azo groups is 2. The summed E-state index contributed by atoms with van der Waals surface area (Å²) in [5, 5.41) is 179. The summed E-state index contributed by atoms with van der Waals surface area (Å²) in [6.07, 6.45) is -6.13. The molecule has 0 aromatic carbocycles. The summed E-state index contributed by atoms with van der Waals surface area (Å²) in [5.41, 5.74) is 0. The summed E-state index contributed by atoms with van der Waals surface area (Å²) in [6, 6.07) is -5.95. The summed E-state index contributed by atoms with van der Waals surface area (Å²) >= 11 is 1.20. The Hall–Kier alpha value is -2.91. The quantitative estimate of drug-likeness (QED) is 0.00709. The first kappa shape index (κ1) is 83.1. The van der Waals surface area contributed by atoms with Crippen molar-refractivity contribution in [1.82, 2.24) is 63.0 Å². The molecule has 7 saturated carbocycles. The largest absolute Gasteiger partial charge is 0.481 e. The van der Waals surface area contributed by atoms with Crippen molar-refractivity contribution >= 4 is 62.2 Å². The van der Waals surface area contributed by atoms with Crippen LogP contribution in [0, 0.1) is 41.4 Å². The second kappa shape index (κ2) is 38.9. The number of hydrogen-bond donors (Lipinski definition) is 24. The number of carboxylic acid groups (broad SMARTS) is 3. The van der Waals surface area contributed by atoms with Crippen molar-refractivity contribution < 1.29 is 125 Å². The van der Waals surface area contributed by atoms with Crippen LogP contribution in [0.15, 0.2) is 20.5 Å². The Balaban J connectivity index is 0.900. The van der Waals surface area contributed by atoms with E-state index in [1.54, 1.807) is 9.80 Å². The van der Waals surface area contributed by atoms with Crippen molar-refractivity contribution in [1.29, 1.82) is 0 Å². The average molecular weight is 1540 g/mol. The minimum atomic E-state index is -4.70. The first-order valence-electron chi connectivity index (χ1n) is 34.5. The smallest absolute Gasteiger partial charge is 0.306 e. The number of nitrogens with zero attached hydrogens (tertiary/aromatic N) is 6. The number of hydrogen-bond acceptors (Lipinski definition) is 39. The molecular formula is C56H102N16O26S4. The topological polar surface area (TPSA) is 625 Å². The van der Waals surface area contributed by atoms with Gasteiger partial charge >= 0.3 is 17.9 Å². The average Bonchev–Trinajstić information content (AvgIpc) is 0.761. The van der Waals surface area contributed by atoms with Crippen molar-refractivity contribution in [3.8, 4) is 0 Å². The van der Waals surface area contributed by atoms with E-state index in [1.165, 1.54) is 0 Å². The summed E-state index contributed by atoms with van der Waals surface area (Å²) < 4.78 is 88.6. The van der Waals surface area contributed by atoms with Crippen LogP contribution in [0.2, 0.25) is 0 Å². The Bertz CT molecular complexity index is 2920. The second-order valence-electron chi connectivity index (χ2n) is 28.0. The number of carbonyl (C=O) groups is 3. The van der Waals surface area contributed by atoms with E-state index in [0.717, 1.165) is 0 Å². The van der Waals surface area contributed by atoms with Crippen molar-refractivity contribution in [2.45, 2.75) is 228 Å². The van der Waals surface area contributed by atoms with Crippen LogP contribution >= 0.6 is 24.1 Å². The Labute approximate surface area is 597 Å². The molecule has 46 heteroatoms. The lowest BCUT2D eigenvalue weighted by molar-refractivity contribution is -0.432. The maximum Gasteiger partial charge on any atom is 0.306 e. The predicted octanol–water partition coefficient (Wildman–Crippen LogP) is -4.61. The van der Waals surface area contributed by atoms with E-state index in [-0.39, 0.29) is 142 Å². The van der Waals surface area contributed by atoms with Crippen LogP contribution in [0.1, 0.15) is 103 Å². The molecule has 25 atom stereocenters. The molecule has 586 valence electrons. The van der Waals surface area contributed by atoms with Crippen LogP contribution in [0.4, 0.5) is 0 Å². The third kappa shape index (κ3) is 22.4. The van der Waals surface area contributed by atoms with Gasteiger partial charge in [0.25, 0.3) is 20.2 Å². The summed E-state index contributed by atoms with van der Waals surface area (Å²) in [4.78, 5) is 39.8. The molecule has 0 aromatic rings. The van der Waals surface area contributed by atoms with Gasteiger partial charge in [-0.05, 0) is 115 Å². The van der Waals surface area contributed by atoms with Gasteiger partial charge in [-0.3, -0.25) is 86.5 Å². The number of aliphatic carboxylic acids is 3. The molecule has 102 heavy (non-hydrogen) atoms. The fourth-order valence-electron chi connectivity index (χ4n) is 17.0. The molecule has 0 spiro atoms. The monoisotopic (exact) mass is 1540 g/mol. The Morgan fingerprint density at radius 1 is 0.471 bits per heavy atom. The van der Waals surface area contributed by atoms with Gasteiger partial charge in [0.15, 0.2) is 0 Å². The summed E-state index contributed by atoms with van der Waals surface area (Å²) in [7, 11) is -9.38. The maximum atomic E-state index is 13.1. The van der Waals surface area contributed by atoms with Crippen LogP contribution < -0.4 is 53.2 Å². The molecule has 2 saturated heterocycles. The van der Waals surface area contributed by atoms with E-state index in [0.29, 0.717) is 49.8 Å². The second-order valence-corrected chi connectivity index (χ2v) is 33.3. The number of ether oxygens (including phenoxy) is 1. The summed E-state index contributed by atoms with van der Waals surface area (Å²) in [6.45, 7) is -1.49. The maximum absolute atomic E-state index is 13.1. The van der Waals surface area contributed by atoms with Crippen LogP contribution in [-0.4, -0.2) is 300 Å². The van der Waals surface area contributed by atoms with E-state index in [2.05, 4.69) is 83.7 Å². The van der Waals surface area contributed by atoms with Gasteiger partial charge in [0, 0.05) is 86.3 Å². The van der Waals surface area contributed by atoms with Gasteiger partial charge < -0.3 is 55.8 Å². The highest BCUT2D eigenvalue weighted by atomic mass is 32.2. The van der Waals surface area contributed by atoms with Gasteiger partial charge in [-0.1, -0.05) is 10.1 Å². The Morgan fingerprint density at radius 2 is 0.833 bits per heavy atom. The summed E-state index contributed by atoms with van der Waals surface area (Å²) in [5.74, 6) is -9.27. The number of nitrogens with one attached hydrogen (secondary N) is 10. The van der Waals surface area contributed by atoms with Crippen LogP contribution in [0.25, 0.3) is 0 Å². The van der Waals surface area contributed by atoms with Crippen molar-refractivity contribution in [2.75, 3.05) is 59.4 Å². The predicted molar refractivity (Wildman–Crippen MR) is 354 cm³/mol. The third-order valence-electron chi connectivity index (χ3n) is 21.7. The lowest BCUT2D eigenvalue weighted by Crippen LogP contribution is -2.80. The molecule has 0 aromatic heterocycles. The van der Waals surface area contributed by atoms with Crippen LogP contribution in [0.5, 0.6) is 0 Å². The molecule has 0 radical (unpaired) electrons. The Morgan fingerprint density at radius 3 is 1.18 bits per heavy atom.